The second-order valence-electron chi connectivity index (χ2n) is 3.99. The van der Waals surface area contributed by atoms with E-state index >= 15 is 0 Å². The van der Waals surface area contributed by atoms with E-state index in [2.05, 4.69) is 10.1 Å². The molecule has 0 aliphatic rings. The highest BCUT2D eigenvalue weighted by molar-refractivity contribution is 7.89. The third kappa shape index (κ3) is 4.61. The van der Waals surface area contributed by atoms with Crippen LogP contribution in [0.4, 0.5) is 5.69 Å². The Kier molecular flexibility index (Phi) is 5.54. The highest BCUT2D eigenvalue weighted by atomic mass is 32.2. The number of benzene rings is 1. The van der Waals surface area contributed by atoms with Gasteiger partial charge in [-0.15, -0.1) is 0 Å². The molecule has 6 nitrogen and oxygen atoms in total. The third-order valence-electron chi connectivity index (χ3n) is 2.18. The van der Waals surface area contributed by atoms with Crippen molar-refractivity contribution in [1.82, 2.24) is 4.72 Å². The number of nitrogens with one attached hydrogen (secondary N) is 2. The van der Waals surface area contributed by atoms with Crippen molar-refractivity contribution >= 4 is 15.7 Å². The number of sulfonamides is 1. The largest absolute Gasteiger partial charge is 0.377 e. The van der Waals surface area contributed by atoms with Gasteiger partial charge in [0.05, 0.1) is 17.6 Å². The Morgan fingerprint density at radius 2 is 1.89 bits per heavy atom. The number of hydrazine groups is 1. The van der Waals surface area contributed by atoms with E-state index in [1.807, 2.05) is 13.8 Å². The van der Waals surface area contributed by atoms with E-state index in [4.69, 9.17) is 10.6 Å². The number of nitrogens with two attached hydrogens (primary N) is 1. The Balaban J connectivity index is 2.57. The maximum Gasteiger partial charge on any atom is 0.240 e. The molecular weight excluding hydrogens is 254 g/mol. The molecule has 18 heavy (non-hydrogen) atoms. The lowest BCUT2D eigenvalue weighted by Crippen LogP contribution is -2.28. The van der Waals surface area contributed by atoms with E-state index in [1.165, 1.54) is 12.1 Å². The minimum atomic E-state index is -3.48. The molecular formula is C11H19N3O3S. The maximum atomic E-state index is 11.9. The van der Waals surface area contributed by atoms with Crippen molar-refractivity contribution in [3.05, 3.63) is 24.3 Å². The summed E-state index contributed by atoms with van der Waals surface area (Å²) in [7, 11) is -3.48. The van der Waals surface area contributed by atoms with Gasteiger partial charge in [0.1, 0.15) is 0 Å². The van der Waals surface area contributed by atoms with Crippen molar-refractivity contribution in [3.8, 4) is 0 Å². The molecule has 0 aliphatic heterocycles. The first kappa shape index (κ1) is 14.9. The van der Waals surface area contributed by atoms with Gasteiger partial charge >= 0.3 is 0 Å². The van der Waals surface area contributed by atoms with Crippen LogP contribution in [0.1, 0.15) is 13.8 Å². The number of nitrogen functional groups attached to an aromatic ring is 1. The summed E-state index contributed by atoms with van der Waals surface area (Å²) in [5.74, 6) is 5.20. The van der Waals surface area contributed by atoms with Gasteiger partial charge < -0.3 is 10.2 Å². The first-order chi connectivity index (χ1) is 8.45. The van der Waals surface area contributed by atoms with Crippen molar-refractivity contribution < 1.29 is 13.2 Å². The van der Waals surface area contributed by atoms with Gasteiger partial charge in [-0.25, -0.2) is 13.1 Å². The fourth-order valence-electron chi connectivity index (χ4n) is 1.28. The minimum Gasteiger partial charge on any atom is -0.377 e. The molecule has 7 heteroatoms. The summed E-state index contributed by atoms with van der Waals surface area (Å²) in [6, 6.07) is 6.17. The number of ether oxygens (including phenoxy) is 1. The molecule has 0 aliphatic carbocycles. The van der Waals surface area contributed by atoms with E-state index in [-0.39, 0.29) is 17.5 Å². The summed E-state index contributed by atoms with van der Waals surface area (Å²) < 4.78 is 31.4. The maximum absolute atomic E-state index is 11.9. The monoisotopic (exact) mass is 273 g/mol. The Hall–Kier alpha value is -1.15. The molecule has 1 aromatic rings. The number of hydrogen-bond acceptors (Lipinski definition) is 5. The van der Waals surface area contributed by atoms with E-state index < -0.39 is 10.0 Å². The van der Waals surface area contributed by atoms with Crippen molar-refractivity contribution in [2.24, 2.45) is 5.84 Å². The average Bonchev–Trinajstić information content (AvgIpc) is 2.34. The highest BCUT2D eigenvalue weighted by Gasteiger charge is 2.12. The van der Waals surface area contributed by atoms with Crippen molar-refractivity contribution in [1.29, 1.82) is 0 Å². The standard InChI is InChI=1S/C11H19N3O3S/c1-9(2)17-8-7-13-18(15,16)11-5-3-10(14-12)4-6-11/h3-6,9,13-14H,7-8,12H2,1-2H3. The smallest absolute Gasteiger partial charge is 0.240 e. The predicted octanol–water partition coefficient (Wildman–Crippen LogP) is 0.675. The molecule has 1 aromatic carbocycles. The van der Waals surface area contributed by atoms with Crippen molar-refractivity contribution in [2.75, 3.05) is 18.6 Å². The lowest BCUT2D eigenvalue weighted by molar-refractivity contribution is 0.0834. The minimum absolute atomic E-state index is 0.0874. The second-order valence-corrected chi connectivity index (χ2v) is 5.75. The lowest BCUT2D eigenvalue weighted by atomic mass is 10.3. The van der Waals surface area contributed by atoms with Crippen molar-refractivity contribution in [2.45, 2.75) is 24.8 Å². The Labute approximate surface area is 108 Å². The highest BCUT2D eigenvalue weighted by Crippen LogP contribution is 2.12. The summed E-state index contributed by atoms with van der Waals surface area (Å²) in [5, 5.41) is 0. The van der Waals surface area contributed by atoms with Gasteiger partial charge in [-0.2, -0.15) is 0 Å². The van der Waals surface area contributed by atoms with Gasteiger partial charge in [0.25, 0.3) is 0 Å². The first-order valence-corrected chi connectivity index (χ1v) is 7.12. The average molecular weight is 273 g/mol. The molecule has 4 N–H and O–H groups in total. The van der Waals surface area contributed by atoms with Crippen LogP contribution in [-0.2, 0) is 14.8 Å². The van der Waals surface area contributed by atoms with Gasteiger partial charge in [0, 0.05) is 12.2 Å². The zero-order valence-electron chi connectivity index (χ0n) is 10.5. The molecule has 0 saturated heterocycles. The zero-order valence-corrected chi connectivity index (χ0v) is 11.3. The van der Waals surface area contributed by atoms with Gasteiger partial charge in [-0.3, -0.25) is 5.84 Å². The Morgan fingerprint density at radius 3 is 2.39 bits per heavy atom. The fraction of sp³-hybridized carbons (Fsp3) is 0.455. The third-order valence-corrected chi connectivity index (χ3v) is 3.65. The second kappa shape index (κ2) is 6.69. The van der Waals surface area contributed by atoms with Crippen LogP contribution in [0, 0.1) is 0 Å². The quantitative estimate of drug-likeness (QED) is 0.386. The summed E-state index contributed by atoms with van der Waals surface area (Å²) in [5.41, 5.74) is 3.09. The van der Waals surface area contributed by atoms with Crippen LogP contribution in [0.25, 0.3) is 0 Å². The summed E-state index contributed by atoms with van der Waals surface area (Å²) in [6.45, 7) is 4.39. The molecule has 0 atom stereocenters. The van der Waals surface area contributed by atoms with E-state index in [1.54, 1.807) is 12.1 Å². The lowest BCUT2D eigenvalue weighted by Gasteiger charge is -2.09. The normalized spacial score (nSPS) is 11.8. The molecule has 0 radical (unpaired) electrons. The van der Waals surface area contributed by atoms with Crippen LogP contribution >= 0.6 is 0 Å². The number of rotatable bonds is 7. The molecule has 0 unspecified atom stereocenters. The topological polar surface area (TPSA) is 93.4 Å². The van der Waals surface area contributed by atoms with E-state index in [9.17, 15) is 8.42 Å². The number of hydrogen-bond donors (Lipinski definition) is 3. The van der Waals surface area contributed by atoms with Crippen LogP contribution < -0.4 is 16.0 Å². The van der Waals surface area contributed by atoms with Crippen LogP contribution in [0.5, 0.6) is 0 Å². The summed E-state index contributed by atoms with van der Waals surface area (Å²) in [4.78, 5) is 0.200. The fourth-order valence-corrected chi connectivity index (χ4v) is 2.30. The molecule has 0 aromatic heterocycles. The van der Waals surface area contributed by atoms with Gasteiger partial charge in [0.15, 0.2) is 0 Å². The molecule has 102 valence electrons. The van der Waals surface area contributed by atoms with E-state index in [0.29, 0.717) is 12.3 Å². The molecule has 0 heterocycles. The zero-order chi connectivity index (χ0) is 13.6. The molecule has 0 amide bonds. The molecule has 1 rings (SSSR count). The van der Waals surface area contributed by atoms with Gasteiger partial charge in [0.2, 0.25) is 10.0 Å². The Bertz CT molecular complexity index is 457. The molecule has 0 fully saturated rings. The summed E-state index contributed by atoms with van der Waals surface area (Å²) >= 11 is 0. The Morgan fingerprint density at radius 1 is 1.28 bits per heavy atom. The van der Waals surface area contributed by atoms with Crippen LogP contribution in [0.2, 0.25) is 0 Å². The molecule has 0 saturated carbocycles. The van der Waals surface area contributed by atoms with E-state index in [0.717, 1.165) is 0 Å². The number of anilines is 1. The molecule has 0 bridgehead atoms. The predicted molar refractivity (Wildman–Crippen MR) is 70.5 cm³/mol. The molecule has 0 spiro atoms. The van der Waals surface area contributed by atoms with Crippen LogP contribution in [-0.4, -0.2) is 27.7 Å². The first-order valence-electron chi connectivity index (χ1n) is 5.63. The van der Waals surface area contributed by atoms with Crippen LogP contribution in [0.3, 0.4) is 0 Å². The van der Waals surface area contributed by atoms with Crippen LogP contribution in [0.15, 0.2) is 29.2 Å². The van der Waals surface area contributed by atoms with Crippen molar-refractivity contribution in [3.63, 3.8) is 0 Å². The van der Waals surface area contributed by atoms with Gasteiger partial charge in [-0.1, -0.05) is 0 Å². The SMILES string of the molecule is CC(C)OCCNS(=O)(=O)c1ccc(NN)cc1. The van der Waals surface area contributed by atoms with Gasteiger partial charge in [-0.05, 0) is 38.1 Å². The summed E-state index contributed by atoms with van der Waals surface area (Å²) in [6.07, 6.45) is 0.0874.